The predicted octanol–water partition coefficient (Wildman–Crippen LogP) is 2.14. The Hall–Kier alpha value is -3.60. The van der Waals surface area contributed by atoms with E-state index in [1.807, 2.05) is 35.5 Å². The molecule has 1 atom stereocenters. The molecule has 1 saturated carbocycles. The van der Waals surface area contributed by atoms with Crippen LogP contribution in [0.3, 0.4) is 0 Å². The second-order valence-corrected chi connectivity index (χ2v) is 13.0. The second kappa shape index (κ2) is 14.0. The number of hydrogen-bond acceptors (Lipinski definition) is 5. The van der Waals surface area contributed by atoms with Crippen molar-refractivity contribution in [2.24, 2.45) is 5.92 Å². The van der Waals surface area contributed by atoms with Crippen LogP contribution in [0.25, 0.3) is 0 Å². The van der Waals surface area contributed by atoms with Crippen molar-refractivity contribution >= 4 is 21.6 Å². The van der Waals surface area contributed by atoms with Gasteiger partial charge in [-0.2, -0.15) is 24.3 Å². The van der Waals surface area contributed by atoms with Gasteiger partial charge in [0.05, 0.1) is 6.54 Å². The molecule has 224 valence electrons. The zero-order chi connectivity index (χ0) is 29.4. The average Bonchev–Trinajstić information content (AvgIpc) is 3.66. The Balaban J connectivity index is 1.10. The molecule has 9 nitrogen and oxygen atoms in total. The highest BCUT2D eigenvalue weighted by Gasteiger charge is 2.24. The van der Waals surface area contributed by atoms with Gasteiger partial charge in [-0.15, -0.1) is 0 Å². The molecule has 0 radical (unpaired) electrons. The molecule has 2 heterocycles. The van der Waals surface area contributed by atoms with Gasteiger partial charge in [0.25, 0.3) is 5.91 Å². The maximum absolute atomic E-state index is 13.0. The predicted molar refractivity (Wildman–Crippen MR) is 161 cm³/mol. The lowest BCUT2D eigenvalue weighted by molar-refractivity contribution is -0.661. The Labute approximate surface area is 248 Å². The molecule has 2 aromatic carbocycles. The summed E-state index contributed by atoms with van der Waals surface area (Å²) in [7, 11) is -3.76. The van der Waals surface area contributed by atoms with Crippen molar-refractivity contribution in [1.29, 1.82) is 0 Å². The number of nitrogens with two attached hydrogens (primary N) is 1. The van der Waals surface area contributed by atoms with Gasteiger partial charge in [0.1, 0.15) is 19.3 Å². The number of quaternary nitrogens is 1. The molecule has 1 saturated heterocycles. The summed E-state index contributed by atoms with van der Waals surface area (Å²) in [6, 6.07) is 17.6. The molecule has 1 aliphatic carbocycles. The SMILES string of the molecule is O=C1C[N+](=c2ccc(S(=O)(=O)Nc3ccc(CC[NH2+]CC(O)c4cccnc4)cc3)c[cH-]2)[CH-]N1CCCC1CCCC1. The van der Waals surface area contributed by atoms with Gasteiger partial charge in [0.15, 0.2) is 6.54 Å². The van der Waals surface area contributed by atoms with Crippen molar-refractivity contribution in [1.82, 2.24) is 14.5 Å². The molecular formula is C32H41N5O4S. The van der Waals surface area contributed by atoms with E-state index in [-0.39, 0.29) is 17.3 Å². The number of sulfonamides is 1. The molecular weight excluding hydrogens is 550 g/mol. The van der Waals surface area contributed by atoms with E-state index in [0.29, 0.717) is 12.2 Å². The Morgan fingerprint density at radius 2 is 1.95 bits per heavy atom. The summed E-state index contributed by atoms with van der Waals surface area (Å²) in [5.41, 5.74) is 2.38. The van der Waals surface area contributed by atoms with E-state index in [0.717, 1.165) is 48.3 Å². The fourth-order valence-electron chi connectivity index (χ4n) is 5.72. The molecule has 1 amide bonds. The third-order valence-corrected chi connectivity index (χ3v) is 9.57. The van der Waals surface area contributed by atoms with Gasteiger partial charge in [-0.1, -0.05) is 43.9 Å². The monoisotopic (exact) mass is 591 g/mol. The van der Waals surface area contributed by atoms with E-state index in [2.05, 4.69) is 15.0 Å². The van der Waals surface area contributed by atoms with Crippen molar-refractivity contribution in [3.05, 3.63) is 96.2 Å². The minimum absolute atomic E-state index is 0.0726. The third-order valence-electron chi connectivity index (χ3n) is 8.17. The molecule has 3 aromatic rings. The first kappa shape index (κ1) is 29.9. The fourth-order valence-corrected chi connectivity index (χ4v) is 6.78. The van der Waals surface area contributed by atoms with Gasteiger partial charge in [0, 0.05) is 36.6 Å². The number of pyridine rings is 1. The quantitative estimate of drug-likeness (QED) is 0.160. The first-order chi connectivity index (χ1) is 20.4. The molecule has 2 aliphatic rings. The van der Waals surface area contributed by atoms with Crippen LogP contribution in [0.15, 0.2) is 78.0 Å². The van der Waals surface area contributed by atoms with Crippen LogP contribution >= 0.6 is 0 Å². The summed E-state index contributed by atoms with van der Waals surface area (Å²) in [6.07, 6.45) is 11.1. The maximum atomic E-state index is 13.0. The normalized spacial score (nSPS) is 16.5. The molecule has 10 heteroatoms. The first-order valence-corrected chi connectivity index (χ1v) is 16.4. The highest BCUT2D eigenvalue weighted by atomic mass is 32.2. The van der Waals surface area contributed by atoms with Gasteiger partial charge in [-0.25, -0.2) is 8.42 Å². The van der Waals surface area contributed by atoms with Crippen LogP contribution < -0.4 is 20.0 Å². The maximum Gasteiger partial charge on any atom is 0.277 e. The van der Waals surface area contributed by atoms with Gasteiger partial charge in [0.2, 0.25) is 10.0 Å². The van der Waals surface area contributed by atoms with Crippen molar-refractivity contribution in [3.63, 3.8) is 0 Å². The summed E-state index contributed by atoms with van der Waals surface area (Å²) in [5.74, 6) is 0.886. The zero-order valence-corrected chi connectivity index (χ0v) is 24.8. The van der Waals surface area contributed by atoms with Crippen molar-refractivity contribution in [2.45, 2.75) is 55.9 Å². The summed E-state index contributed by atoms with van der Waals surface area (Å²) >= 11 is 0. The molecule has 1 unspecified atom stereocenters. The number of rotatable bonds is 13. The van der Waals surface area contributed by atoms with E-state index in [4.69, 9.17) is 0 Å². The Morgan fingerprint density at radius 3 is 2.67 bits per heavy atom. The number of carbonyl (C=O) groups excluding carboxylic acids is 1. The summed E-state index contributed by atoms with van der Waals surface area (Å²) < 4.78 is 30.6. The second-order valence-electron chi connectivity index (χ2n) is 11.3. The molecule has 42 heavy (non-hydrogen) atoms. The van der Waals surface area contributed by atoms with Crippen LogP contribution in [-0.2, 0) is 21.2 Å². The molecule has 1 aliphatic heterocycles. The van der Waals surface area contributed by atoms with Crippen molar-refractivity contribution < 1.29 is 23.6 Å². The molecule has 0 bridgehead atoms. The molecule has 4 N–H and O–H groups in total. The minimum Gasteiger partial charge on any atom is -0.382 e. The Bertz CT molecular complexity index is 1480. The number of hydrogen-bond donors (Lipinski definition) is 3. The molecule has 1 aromatic heterocycles. The van der Waals surface area contributed by atoms with E-state index < -0.39 is 16.1 Å². The van der Waals surface area contributed by atoms with E-state index in [1.165, 1.54) is 32.1 Å². The number of benzene rings is 2. The van der Waals surface area contributed by atoms with Crippen molar-refractivity contribution in [3.8, 4) is 0 Å². The van der Waals surface area contributed by atoms with E-state index in [9.17, 15) is 18.3 Å². The lowest BCUT2D eigenvalue weighted by Crippen LogP contribution is -2.85. The summed E-state index contributed by atoms with van der Waals surface area (Å²) in [5, 5.41) is 13.1. The van der Waals surface area contributed by atoms with Crippen LogP contribution in [0.5, 0.6) is 0 Å². The summed E-state index contributed by atoms with van der Waals surface area (Å²) in [6.45, 7) is 4.19. The van der Waals surface area contributed by atoms with Crippen LogP contribution in [0, 0.1) is 12.6 Å². The standard InChI is InChI=1S/C32H40N5O4S/c38-31(27-8-3-18-33-21-27)22-34-19-17-26-9-11-28(12-10-26)35-42(40,41)30-15-13-29(14-16-30)37-23-32(39)36(24-37)20-4-7-25-5-1-2-6-25/h3,8-16,18,21,24-25,31,34-35,38H,1-2,4-7,17,19-20,22-23H2/q-1/p+1. The number of aliphatic hydroxyl groups excluding tert-OH is 1. The van der Waals surface area contributed by atoms with Crippen LogP contribution in [0.1, 0.15) is 55.8 Å². The fraction of sp³-hybridized carbons (Fsp3) is 0.406. The van der Waals surface area contributed by atoms with Gasteiger partial charge < -0.3 is 19.9 Å². The van der Waals surface area contributed by atoms with Crippen molar-refractivity contribution in [2.75, 3.05) is 30.9 Å². The highest BCUT2D eigenvalue weighted by Crippen LogP contribution is 2.28. The van der Waals surface area contributed by atoms with E-state index in [1.54, 1.807) is 53.7 Å². The lowest BCUT2D eigenvalue weighted by Gasteiger charge is -2.17. The summed E-state index contributed by atoms with van der Waals surface area (Å²) in [4.78, 5) is 18.5. The number of anilines is 1. The Morgan fingerprint density at radius 1 is 1.14 bits per heavy atom. The third kappa shape index (κ3) is 8.02. The van der Waals surface area contributed by atoms with E-state index >= 15 is 0 Å². The van der Waals surface area contributed by atoms with Crippen LogP contribution in [-0.4, -0.2) is 55.5 Å². The number of amides is 1. The molecule has 2 fully saturated rings. The van der Waals surface area contributed by atoms with Crippen LogP contribution in [0.4, 0.5) is 5.69 Å². The minimum atomic E-state index is -3.76. The van der Waals surface area contributed by atoms with Crippen LogP contribution in [0.2, 0.25) is 0 Å². The first-order valence-electron chi connectivity index (χ1n) is 14.9. The van der Waals surface area contributed by atoms with Gasteiger partial charge in [-0.3, -0.25) is 14.5 Å². The smallest absolute Gasteiger partial charge is 0.277 e. The Kier molecular flexibility index (Phi) is 9.99. The number of nitrogens with zero attached hydrogens (tertiary/aromatic N) is 3. The average molecular weight is 592 g/mol. The zero-order valence-electron chi connectivity index (χ0n) is 23.9. The van der Waals surface area contributed by atoms with Gasteiger partial charge >= 0.3 is 0 Å². The molecule has 5 rings (SSSR count). The number of aromatic nitrogens is 1. The number of carbonyl (C=O) groups is 1. The lowest BCUT2D eigenvalue weighted by atomic mass is 10.0. The topological polar surface area (TPSA) is 119 Å². The largest absolute Gasteiger partial charge is 0.382 e. The molecule has 0 spiro atoms. The van der Waals surface area contributed by atoms with Gasteiger partial charge in [-0.05, 0) is 52.8 Å². The number of aliphatic hydroxyl groups is 1. The highest BCUT2D eigenvalue weighted by molar-refractivity contribution is 7.92. The number of nitrogens with one attached hydrogen (secondary N) is 1.